The fraction of sp³-hybridized carbons (Fsp3) is 0.429. The summed E-state index contributed by atoms with van der Waals surface area (Å²) in [5.41, 5.74) is 5.49. The van der Waals surface area contributed by atoms with Gasteiger partial charge >= 0.3 is 5.97 Å². The van der Waals surface area contributed by atoms with Gasteiger partial charge in [0.05, 0.1) is 0 Å². The van der Waals surface area contributed by atoms with E-state index >= 15 is 0 Å². The highest BCUT2D eigenvalue weighted by atomic mass is 32.2. The average Bonchev–Trinajstić information content (AvgIpc) is 3.52. The van der Waals surface area contributed by atoms with Crippen molar-refractivity contribution in [3.05, 3.63) is 39.9 Å². The molecule has 0 aliphatic carbocycles. The van der Waals surface area contributed by atoms with Gasteiger partial charge in [-0.2, -0.15) is 0 Å². The van der Waals surface area contributed by atoms with Crippen molar-refractivity contribution in [2.24, 2.45) is 5.73 Å². The molecule has 2 aromatic rings. The SMILES string of the molecule is NC(=O)[C@H](Cc1cccs1)NC(=O)[C@@H]1C[C@@H](NS(=O)(=O)c2cccs2)CCN1C(=O)COCC(=O)O. The number of primary amides is 1. The minimum absolute atomic E-state index is 0.0111. The maximum Gasteiger partial charge on any atom is 0.329 e. The number of thiophene rings is 2. The van der Waals surface area contributed by atoms with E-state index in [0.717, 1.165) is 16.2 Å². The van der Waals surface area contributed by atoms with Gasteiger partial charge in [-0.15, -0.1) is 22.7 Å². The molecule has 3 amide bonds. The number of aliphatic carboxylic acids is 1. The molecular weight excluding hydrogens is 532 g/mol. The number of amides is 3. The van der Waals surface area contributed by atoms with Gasteiger partial charge in [-0.3, -0.25) is 14.4 Å². The summed E-state index contributed by atoms with van der Waals surface area (Å²) in [6.07, 6.45) is 0.314. The lowest BCUT2D eigenvalue weighted by Gasteiger charge is -2.39. The highest BCUT2D eigenvalue weighted by molar-refractivity contribution is 7.91. The van der Waals surface area contributed by atoms with E-state index in [1.165, 1.54) is 22.3 Å². The zero-order chi connectivity index (χ0) is 26.3. The van der Waals surface area contributed by atoms with Crippen LogP contribution in [0.1, 0.15) is 17.7 Å². The molecule has 1 saturated heterocycles. The Bertz CT molecular complexity index is 1170. The van der Waals surface area contributed by atoms with Crippen LogP contribution in [0.3, 0.4) is 0 Å². The van der Waals surface area contributed by atoms with Gasteiger partial charge in [-0.1, -0.05) is 12.1 Å². The number of hydrogen-bond donors (Lipinski definition) is 4. The van der Waals surface area contributed by atoms with Gasteiger partial charge in [0.15, 0.2) is 0 Å². The summed E-state index contributed by atoms with van der Waals surface area (Å²) in [5.74, 6) is -3.33. The molecule has 0 bridgehead atoms. The van der Waals surface area contributed by atoms with Crippen molar-refractivity contribution >= 4 is 56.4 Å². The van der Waals surface area contributed by atoms with E-state index in [0.29, 0.717) is 0 Å². The van der Waals surface area contributed by atoms with E-state index in [-0.39, 0.29) is 30.0 Å². The van der Waals surface area contributed by atoms with Crippen LogP contribution in [0.5, 0.6) is 0 Å². The summed E-state index contributed by atoms with van der Waals surface area (Å²) in [6.45, 7) is -1.25. The quantitative estimate of drug-likeness (QED) is 0.275. The van der Waals surface area contributed by atoms with Gasteiger partial charge in [-0.25, -0.2) is 17.9 Å². The number of carbonyl (C=O) groups is 4. The first-order valence-electron chi connectivity index (χ1n) is 10.8. The molecule has 1 aliphatic heterocycles. The maximum atomic E-state index is 13.3. The van der Waals surface area contributed by atoms with E-state index in [1.807, 2.05) is 5.38 Å². The lowest BCUT2D eigenvalue weighted by molar-refractivity contribution is -0.150. The maximum absolute atomic E-state index is 13.3. The molecule has 3 heterocycles. The smallest absolute Gasteiger partial charge is 0.329 e. The second-order valence-electron chi connectivity index (χ2n) is 8.01. The Balaban J connectivity index is 1.75. The number of carbonyl (C=O) groups excluding carboxylic acids is 3. The van der Waals surface area contributed by atoms with Crippen molar-refractivity contribution in [3.8, 4) is 0 Å². The fourth-order valence-electron chi connectivity index (χ4n) is 3.74. The Morgan fingerprint density at radius 1 is 1.17 bits per heavy atom. The summed E-state index contributed by atoms with van der Waals surface area (Å²) in [7, 11) is -3.83. The monoisotopic (exact) mass is 558 g/mol. The van der Waals surface area contributed by atoms with Crippen LogP contribution in [-0.2, 0) is 40.4 Å². The molecule has 0 spiro atoms. The van der Waals surface area contributed by atoms with Gasteiger partial charge in [0.2, 0.25) is 27.7 Å². The van der Waals surface area contributed by atoms with Crippen molar-refractivity contribution in [1.82, 2.24) is 14.9 Å². The standard InChI is InChI=1S/C21H26N4O8S3/c22-20(29)15(10-14-3-1-7-34-14)23-21(30)16-9-13(24-36(31,32)19-4-2-8-35-19)5-6-25(16)17(26)11-33-12-18(27)28/h1-4,7-8,13,15-16,24H,5-6,9-12H2,(H2,22,29)(H,23,30)(H,27,28)/t13-,15-,16-/m0/s1. The number of piperidine rings is 1. The van der Waals surface area contributed by atoms with E-state index in [4.69, 9.17) is 15.6 Å². The van der Waals surface area contributed by atoms with Crippen LogP contribution in [0.4, 0.5) is 0 Å². The Labute approximate surface area is 215 Å². The Morgan fingerprint density at radius 2 is 1.89 bits per heavy atom. The molecule has 1 fully saturated rings. The fourth-order valence-corrected chi connectivity index (χ4v) is 6.79. The Morgan fingerprint density at radius 3 is 2.50 bits per heavy atom. The first-order chi connectivity index (χ1) is 17.1. The summed E-state index contributed by atoms with van der Waals surface area (Å²) >= 11 is 2.44. The number of nitrogens with two attached hydrogens (primary N) is 1. The third-order valence-electron chi connectivity index (χ3n) is 5.40. The number of nitrogens with zero attached hydrogens (tertiary/aromatic N) is 1. The molecule has 0 saturated carbocycles. The predicted octanol–water partition coefficient (Wildman–Crippen LogP) is -0.238. The third kappa shape index (κ3) is 7.57. The number of rotatable bonds is 12. The van der Waals surface area contributed by atoms with Crippen molar-refractivity contribution in [1.29, 1.82) is 0 Å². The molecule has 196 valence electrons. The van der Waals surface area contributed by atoms with Crippen LogP contribution in [0.25, 0.3) is 0 Å². The van der Waals surface area contributed by atoms with Crippen LogP contribution in [-0.4, -0.2) is 80.0 Å². The van der Waals surface area contributed by atoms with Gasteiger partial charge in [0.25, 0.3) is 0 Å². The second kappa shape index (κ2) is 12.4. The van der Waals surface area contributed by atoms with Gasteiger partial charge in [-0.05, 0) is 35.7 Å². The molecule has 0 aromatic carbocycles. The van der Waals surface area contributed by atoms with E-state index in [2.05, 4.69) is 10.0 Å². The number of nitrogens with one attached hydrogen (secondary N) is 2. The minimum Gasteiger partial charge on any atom is -0.480 e. The number of sulfonamides is 1. The molecule has 0 unspecified atom stereocenters. The van der Waals surface area contributed by atoms with Crippen molar-refractivity contribution in [2.45, 2.75) is 41.6 Å². The molecule has 5 N–H and O–H groups in total. The highest BCUT2D eigenvalue weighted by Gasteiger charge is 2.39. The number of carboxylic acids is 1. The van der Waals surface area contributed by atoms with Crippen LogP contribution in [0.2, 0.25) is 0 Å². The highest BCUT2D eigenvalue weighted by Crippen LogP contribution is 2.23. The molecule has 3 atom stereocenters. The molecule has 2 aromatic heterocycles. The number of carboxylic acid groups (broad SMARTS) is 1. The second-order valence-corrected chi connectivity index (χ2v) is 11.9. The van der Waals surface area contributed by atoms with Crippen LogP contribution < -0.4 is 15.8 Å². The topological polar surface area (TPSA) is 185 Å². The minimum atomic E-state index is -3.83. The Kier molecular flexibility index (Phi) is 9.56. The first kappa shape index (κ1) is 27.7. The van der Waals surface area contributed by atoms with E-state index < -0.39 is 65.1 Å². The molecule has 12 nitrogen and oxygen atoms in total. The molecule has 1 aliphatic rings. The molecule has 15 heteroatoms. The molecule has 0 radical (unpaired) electrons. The van der Waals surface area contributed by atoms with Crippen LogP contribution >= 0.6 is 22.7 Å². The first-order valence-corrected chi connectivity index (χ1v) is 14.1. The largest absolute Gasteiger partial charge is 0.480 e. The van der Waals surface area contributed by atoms with E-state index in [1.54, 1.807) is 23.6 Å². The normalized spacial score (nSPS) is 18.9. The summed E-state index contributed by atoms with van der Waals surface area (Å²) < 4.78 is 32.9. The number of hydrogen-bond acceptors (Lipinski definition) is 9. The lowest BCUT2D eigenvalue weighted by atomic mass is 9.96. The molecule has 36 heavy (non-hydrogen) atoms. The van der Waals surface area contributed by atoms with Crippen LogP contribution in [0, 0.1) is 0 Å². The van der Waals surface area contributed by atoms with Crippen molar-refractivity contribution < 1.29 is 37.4 Å². The summed E-state index contributed by atoms with van der Waals surface area (Å²) in [6, 6.07) is 3.80. The van der Waals surface area contributed by atoms with Crippen LogP contribution in [0.15, 0.2) is 39.2 Å². The van der Waals surface area contributed by atoms with Gasteiger partial charge < -0.3 is 25.8 Å². The third-order valence-corrected chi connectivity index (χ3v) is 9.22. The summed E-state index contributed by atoms with van der Waals surface area (Å²) in [5, 5.41) is 14.8. The van der Waals surface area contributed by atoms with Gasteiger partial charge in [0.1, 0.15) is 29.5 Å². The zero-order valence-corrected chi connectivity index (χ0v) is 21.4. The van der Waals surface area contributed by atoms with Gasteiger partial charge in [0, 0.05) is 23.9 Å². The average molecular weight is 559 g/mol. The molecular formula is C21H26N4O8S3. The molecule has 3 rings (SSSR count). The zero-order valence-electron chi connectivity index (χ0n) is 19.0. The lowest BCUT2D eigenvalue weighted by Crippen LogP contribution is -2.60. The number of likely N-dealkylation sites (tertiary alicyclic amines) is 1. The number of ether oxygens (including phenoxy) is 1. The predicted molar refractivity (Wildman–Crippen MR) is 131 cm³/mol. The Hall–Kier alpha value is -2.85. The van der Waals surface area contributed by atoms with E-state index in [9.17, 15) is 27.6 Å². The summed E-state index contributed by atoms with van der Waals surface area (Å²) in [4.78, 5) is 50.7. The van der Waals surface area contributed by atoms with Crippen molar-refractivity contribution in [3.63, 3.8) is 0 Å². The van der Waals surface area contributed by atoms with Crippen molar-refractivity contribution in [2.75, 3.05) is 19.8 Å².